The second kappa shape index (κ2) is 10.0. The molecule has 2 saturated heterocycles. The minimum atomic E-state index is 0.0819. The second-order valence-corrected chi connectivity index (χ2v) is 7.68. The molecule has 148 valence electrons. The van der Waals surface area contributed by atoms with E-state index in [9.17, 15) is 4.79 Å². The van der Waals surface area contributed by atoms with Crippen LogP contribution in [-0.4, -0.2) is 67.9 Å². The first-order valence-corrected chi connectivity index (χ1v) is 10.4. The molecule has 2 fully saturated rings. The summed E-state index contributed by atoms with van der Waals surface area (Å²) in [6, 6.07) is 8.01. The Morgan fingerprint density at radius 2 is 2.11 bits per heavy atom. The van der Waals surface area contributed by atoms with Gasteiger partial charge in [-0.1, -0.05) is 25.1 Å². The number of quaternary nitrogens is 1. The lowest BCUT2D eigenvalue weighted by molar-refractivity contribution is -0.895. The fourth-order valence-corrected chi connectivity index (χ4v) is 3.96. The number of benzene rings is 1. The fraction of sp³-hybridized carbons (Fsp3) is 0.600. The Balaban J connectivity index is 1.38. The monoisotopic (exact) mass is 391 g/mol. The van der Waals surface area contributed by atoms with Crippen LogP contribution < -0.4 is 15.5 Å². The average Bonchev–Trinajstić information content (AvgIpc) is 3.20. The summed E-state index contributed by atoms with van der Waals surface area (Å²) >= 11 is 5.52. The fourth-order valence-electron chi connectivity index (χ4n) is 3.69. The lowest BCUT2D eigenvalue weighted by Crippen LogP contribution is -3.15. The molecule has 27 heavy (non-hydrogen) atoms. The summed E-state index contributed by atoms with van der Waals surface area (Å²) in [7, 11) is 0. The van der Waals surface area contributed by atoms with Gasteiger partial charge in [-0.2, -0.15) is 0 Å². The molecule has 7 heteroatoms. The predicted octanol–water partition coefficient (Wildman–Crippen LogP) is 0.442. The van der Waals surface area contributed by atoms with Gasteiger partial charge in [0.25, 0.3) is 5.91 Å². The summed E-state index contributed by atoms with van der Waals surface area (Å²) in [6.07, 6.45) is 3.47. The van der Waals surface area contributed by atoms with Crippen LogP contribution in [0.4, 0.5) is 5.69 Å². The quantitative estimate of drug-likeness (QED) is 0.615. The zero-order valence-electron chi connectivity index (χ0n) is 16.1. The first kappa shape index (κ1) is 20.0. The van der Waals surface area contributed by atoms with Crippen LogP contribution in [0, 0.1) is 0 Å². The summed E-state index contributed by atoms with van der Waals surface area (Å²) < 4.78 is 5.63. The molecule has 0 aromatic heterocycles. The Bertz CT molecular complexity index is 641. The molecule has 1 amide bonds. The van der Waals surface area contributed by atoms with Crippen molar-refractivity contribution in [3.63, 3.8) is 0 Å². The largest absolute Gasteiger partial charge is 0.376 e. The zero-order chi connectivity index (χ0) is 19.1. The molecule has 1 aromatic rings. The van der Waals surface area contributed by atoms with Gasteiger partial charge < -0.3 is 25.2 Å². The minimum absolute atomic E-state index is 0.0819. The number of piperazine rings is 1. The average molecular weight is 392 g/mol. The molecule has 1 aromatic carbocycles. The van der Waals surface area contributed by atoms with Crippen molar-refractivity contribution in [1.82, 2.24) is 10.2 Å². The van der Waals surface area contributed by atoms with Gasteiger partial charge in [0.15, 0.2) is 11.7 Å². The van der Waals surface area contributed by atoms with Gasteiger partial charge in [-0.15, -0.1) is 0 Å². The number of carbonyl (C=O) groups excluding carboxylic acids is 1. The topological polar surface area (TPSA) is 58.0 Å². The van der Waals surface area contributed by atoms with Gasteiger partial charge in [-0.25, -0.2) is 0 Å². The van der Waals surface area contributed by atoms with Gasteiger partial charge in [-0.05, 0) is 43.1 Å². The third-order valence-corrected chi connectivity index (χ3v) is 5.75. The van der Waals surface area contributed by atoms with Gasteiger partial charge in [0.05, 0.1) is 32.3 Å². The minimum Gasteiger partial charge on any atom is -0.376 e. The van der Waals surface area contributed by atoms with E-state index in [1.54, 1.807) is 0 Å². The van der Waals surface area contributed by atoms with E-state index in [0.717, 1.165) is 69.4 Å². The summed E-state index contributed by atoms with van der Waals surface area (Å²) in [6.45, 7) is 7.87. The zero-order valence-corrected chi connectivity index (χ0v) is 16.9. The van der Waals surface area contributed by atoms with E-state index in [4.69, 9.17) is 17.0 Å². The molecule has 2 heterocycles. The first-order chi connectivity index (χ1) is 13.2. The number of amides is 1. The van der Waals surface area contributed by atoms with Crippen LogP contribution in [-0.2, 0) is 16.0 Å². The maximum absolute atomic E-state index is 12.4. The van der Waals surface area contributed by atoms with E-state index < -0.39 is 0 Å². The number of ether oxygens (including phenoxy) is 1. The van der Waals surface area contributed by atoms with Crippen molar-refractivity contribution in [2.75, 3.05) is 51.2 Å². The molecule has 2 aliphatic heterocycles. The molecular formula is C20H31N4O2S+. The van der Waals surface area contributed by atoms with Crippen molar-refractivity contribution in [2.24, 2.45) is 0 Å². The van der Waals surface area contributed by atoms with Crippen molar-refractivity contribution in [3.8, 4) is 0 Å². The lowest BCUT2D eigenvalue weighted by atomic mass is 10.1. The number of para-hydroxylation sites is 1. The van der Waals surface area contributed by atoms with Gasteiger partial charge >= 0.3 is 0 Å². The second-order valence-electron chi connectivity index (χ2n) is 7.29. The summed E-state index contributed by atoms with van der Waals surface area (Å²) in [5.74, 6) is 0.0819. The van der Waals surface area contributed by atoms with Crippen molar-refractivity contribution in [3.05, 3.63) is 29.8 Å². The molecule has 0 aliphatic carbocycles. The first-order valence-electron chi connectivity index (χ1n) is 10.0. The van der Waals surface area contributed by atoms with Crippen molar-refractivity contribution < 1.29 is 14.4 Å². The Labute approximate surface area is 167 Å². The van der Waals surface area contributed by atoms with Crippen molar-refractivity contribution in [2.45, 2.75) is 32.3 Å². The summed E-state index contributed by atoms with van der Waals surface area (Å²) in [5.41, 5.74) is 2.11. The normalized spacial score (nSPS) is 20.5. The molecular weight excluding hydrogens is 360 g/mol. The standard InChI is InChI=1S/C20H30N4O2S/c1-2-16-6-3-4-8-18(16)22-19(25)15-23-9-11-24(12-10-23)20(27)21-14-17-7-5-13-26-17/h3-4,6,8,17H,2,5,7,9-15H2,1H3,(H,21,27)(H,22,25)/p+1/t17-/m0/s1. The smallest absolute Gasteiger partial charge is 0.279 e. The number of hydrogen-bond acceptors (Lipinski definition) is 3. The molecule has 0 unspecified atom stereocenters. The number of anilines is 1. The predicted molar refractivity (Wildman–Crippen MR) is 111 cm³/mol. The van der Waals surface area contributed by atoms with E-state index in [-0.39, 0.29) is 5.91 Å². The number of aryl methyl sites for hydroxylation is 1. The number of nitrogens with one attached hydrogen (secondary N) is 3. The summed E-state index contributed by atoms with van der Waals surface area (Å²) in [4.78, 5) is 15.9. The number of carbonyl (C=O) groups is 1. The highest BCUT2D eigenvalue weighted by Crippen LogP contribution is 2.15. The van der Waals surface area contributed by atoms with E-state index in [0.29, 0.717) is 12.6 Å². The third kappa shape index (κ3) is 5.89. The van der Waals surface area contributed by atoms with Gasteiger partial charge in [0.2, 0.25) is 0 Å². The maximum Gasteiger partial charge on any atom is 0.279 e. The van der Waals surface area contributed by atoms with Gasteiger partial charge in [0.1, 0.15) is 0 Å². The number of rotatable bonds is 6. The van der Waals surface area contributed by atoms with Gasteiger partial charge in [-0.3, -0.25) is 4.79 Å². The maximum atomic E-state index is 12.4. The Kier molecular flexibility index (Phi) is 7.43. The molecule has 1 atom stereocenters. The SMILES string of the molecule is CCc1ccccc1NC(=O)C[NH+]1CCN(C(=S)NC[C@@H]2CCCO2)CC1. The van der Waals surface area contributed by atoms with Crippen molar-refractivity contribution in [1.29, 1.82) is 0 Å². The van der Waals surface area contributed by atoms with Crippen LogP contribution in [0.1, 0.15) is 25.3 Å². The highest BCUT2D eigenvalue weighted by molar-refractivity contribution is 7.80. The van der Waals surface area contributed by atoms with E-state index in [1.165, 1.54) is 10.5 Å². The van der Waals surface area contributed by atoms with Crippen LogP contribution in [0.2, 0.25) is 0 Å². The highest BCUT2D eigenvalue weighted by Gasteiger charge is 2.24. The van der Waals surface area contributed by atoms with Crippen LogP contribution >= 0.6 is 12.2 Å². The van der Waals surface area contributed by atoms with Crippen LogP contribution in [0.15, 0.2) is 24.3 Å². The number of thiocarbonyl (C=S) groups is 1. The van der Waals surface area contributed by atoms with Crippen LogP contribution in [0.3, 0.4) is 0 Å². The Morgan fingerprint density at radius 3 is 2.81 bits per heavy atom. The molecule has 0 radical (unpaired) electrons. The Hall–Kier alpha value is -1.70. The van der Waals surface area contributed by atoms with E-state index in [2.05, 4.69) is 28.5 Å². The van der Waals surface area contributed by atoms with Crippen molar-refractivity contribution >= 4 is 28.9 Å². The molecule has 2 aliphatic rings. The molecule has 3 rings (SSSR count). The third-order valence-electron chi connectivity index (χ3n) is 5.35. The lowest BCUT2D eigenvalue weighted by Gasteiger charge is -2.33. The van der Waals surface area contributed by atoms with E-state index >= 15 is 0 Å². The van der Waals surface area contributed by atoms with E-state index in [1.807, 2.05) is 18.2 Å². The number of hydrogen-bond donors (Lipinski definition) is 3. The van der Waals surface area contributed by atoms with Crippen LogP contribution in [0.25, 0.3) is 0 Å². The highest BCUT2D eigenvalue weighted by atomic mass is 32.1. The molecule has 3 N–H and O–H groups in total. The molecule has 6 nitrogen and oxygen atoms in total. The molecule has 0 spiro atoms. The number of nitrogens with zero attached hydrogens (tertiary/aromatic N) is 1. The Morgan fingerprint density at radius 1 is 1.33 bits per heavy atom. The summed E-state index contributed by atoms with van der Waals surface area (Å²) in [5, 5.41) is 7.22. The molecule has 0 saturated carbocycles. The van der Waals surface area contributed by atoms with Gasteiger partial charge in [0, 0.05) is 18.8 Å². The van der Waals surface area contributed by atoms with Crippen LogP contribution in [0.5, 0.6) is 0 Å². The molecule has 0 bridgehead atoms.